The molecule has 0 aliphatic heterocycles. The van der Waals surface area contributed by atoms with Crippen molar-refractivity contribution in [2.75, 3.05) is 26.2 Å². The summed E-state index contributed by atoms with van der Waals surface area (Å²) in [6.45, 7) is 3.59. The fourth-order valence-electron chi connectivity index (χ4n) is 3.34. The standard InChI is InChI=1S/C18H36N2O2/c21-17(15-7-5-8-15)13-19-11-3-1-2-4-12-20-14-18(22)16-9-6-10-16/h15-22H,1-14H2. The van der Waals surface area contributed by atoms with Crippen LogP contribution in [0.5, 0.6) is 0 Å². The molecule has 0 spiro atoms. The van der Waals surface area contributed by atoms with Gasteiger partial charge in [-0.2, -0.15) is 0 Å². The molecule has 2 saturated carbocycles. The topological polar surface area (TPSA) is 64.5 Å². The van der Waals surface area contributed by atoms with Gasteiger partial charge in [0.15, 0.2) is 0 Å². The zero-order chi connectivity index (χ0) is 15.6. The summed E-state index contributed by atoms with van der Waals surface area (Å²) in [7, 11) is 0. The molecule has 2 aliphatic rings. The monoisotopic (exact) mass is 312 g/mol. The number of hydrogen-bond acceptors (Lipinski definition) is 4. The molecule has 0 aromatic heterocycles. The van der Waals surface area contributed by atoms with Gasteiger partial charge in [-0.25, -0.2) is 0 Å². The zero-order valence-electron chi connectivity index (χ0n) is 14.1. The molecule has 0 heterocycles. The maximum atomic E-state index is 9.88. The normalized spacial score (nSPS) is 22.1. The molecule has 0 aromatic carbocycles. The molecule has 4 N–H and O–H groups in total. The van der Waals surface area contributed by atoms with Crippen molar-refractivity contribution in [2.45, 2.75) is 76.4 Å². The van der Waals surface area contributed by atoms with Crippen LogP contribution in [0.3, 0.4) is 0 Å². The molecule has 0 bridgehead atoms. The van der Waals surface area contributed by atoms with Crippen LogP contribution < -0.4 is 10.6 Å². The van der Waals surface area contributed by atoms with Gasteiger partial charge in [0.25, 0.3) is 0 Å². The van der Waals surface area contributed by atoms with Crippen LogP contribution >= 0.6 is 0 Å². The first-order valence-electron chi connectivity index (χ1n) is 9.55. The third-order valence-corrected chi connectivity index (χ3v) is 5.55. The second-order valence-corrected chi connectivity index (χ2v) is 7.34. The highest BCUT2D eigenvalue weighted by molar-refractivity contribution is 4.79. The van der Waals surface area contributed by atoms with E-state index in [-0.39, 0.29) is 12.2 Å². The van der Waals surface area contributed by atoms with Crippen molar-refractivity contribution in [1.82, 2.24) is 10.6 Å². The van der Waals surface area contributed by atoms with Crippen molar-refractivity contribution in [1.29, 1.82) is 0 Å². The summed E-state index contributed by atoms with van der Waals surface area (Å²) in [6.07, 6.45) is 12.1. The molecular formula is C18H36N2O2. The summed E-state index contributed by atoms with van der Waals surface area (Å²) in [5, 5.41) is 26.5. The molecule has 0 radical (unpaired) electrons. The van der Waals surface area contributed by atoms with Crippen molar-refractivity contribution < 1.29 is 10.2 Å². The fourth-order valence-corrected chi connectivity index (χ4v) is 3.34. The third-order valence-electron chi connectivity index (χ3n) is 5.55. The largest absolute Gasteiger partial charge is 0.392 e. The number of hydrogen-bond donors (Lipinski definition) is 4. The Morgan fingerprint density at radius 3 is 1.41 bits per heavy atom. The van der Waals surface area contributed by atoms with E-state index in [9.17, 15) is 10.2 Å². The van der Waals surface area contributed by atoms with Crippen LogP contribution in [0.25, 0.3) is 0 Å². The molecular weight excluding hydrogens is 276 g/mol. The first-order chi connectivity index (χ1) is 10.8. The predicted molar refractivity (Wildman–Crippen MR) is 90.9 cm³/mol. The second-order valence-electron chi connectivity index (χ2n) is 7.34. The summed E-state index contributed by atoms with van der Waals surface area (Å²) < 4.78 is 0. The Kier molecular flexibility index (Phi) is 8.75. The van der Waals surface area contributed by atoms with Crippen LogP contribution in [0.4, 0.5) is 0 Å². The smallest absolute Gasteiger partial charge is 0.0692 e. The van der Waals surface area contributed by atoms with Crippen LogP contribution in [0.1, 0.15) is 64.2 Å². The maximum absolute atomic E-state index is 9.88. The van der Waals surface area contributed by atoms with Crippen LogP contribution in [0.2, 0.25) is 0 Å². The van der Waals surface area contributed by atoms with Crippen molar-refractivity contribution in [3.8, 4) is 0 Å². The van der Waals surface area contributed by atoms with E-state index in [1.165, 1.54) is 64.2 Å². The molecule has 0 amide bonds. The average molecular weight is 312 g/mol. The zero-order valence-corrected chi connectivity index (χ0v) is 14.1. The van der Waals surface area contributed by atoms with Crippen molar-refractivity contribution in [3.63, 3.8) is 0 Å². The minimum atomic E-state index is -0.125. The van der Waals surface area contributed by atoms with Gasteiger partial charge in [0.05, 0.1) is 12.2 Å². The lowest BCUT2D eigenvalue weighted by Crippen LogP contribution is -2.36. The first kappa shape index (κ1) is 18.2. The molecule has 2 rings (SSSR count). The highest BCUT2D eigenvalue weighted by Gasteiger charge is 2.25. The summed E-state index contributed by atoms with van der Waals surface area (Å²) in [5.41, 5.74) is 0. The summed E-state index contributed by atoms with van der Waals surface area (Å²) in [5.74, 6) is 1.13. The van der Waals surface area contributed by atoms with Gasteiger partial charge in [0.2, 0.25) is 0 Å². The van der Waals surface area contributed by atoms with E-state index in [0.29, 0.717) is 11.8 Å². The lowest BCUT2D eigenvalue weighted by Gasteiger charge is -2.30. The van der Waals surface area contributed by atoms with Gasteiger partial charge in [-0.05, 0) is 63.5 Å². The van der Waals surface area contributed by atoms with Gasteiger partial charge in [-0.1, -0.05) is 25.7 Å². The van der Waals surface area contributed by atoms with Crippen molar-refractivity contribution >= 4 is 0 Å². The molecule has 22 heavy (non-hydrogen) atoms. The Morgan fingerprint density at radius 2 is 1.09 bits per heavy atom. The highest BCUT2D eigenvalue weighted by Crippen LogP contribution is 2.29. The molecule has 130 valence electrons. The van der Waals surface area contributed by atoms with Crippen molar-refractivity contribution in [2.24, 2.45) is 11.8 Å². The van der Waals surface area contributed by atoms with Gasteiger partial charge < -0.3 is 20.8 Å². The predicted octanol–water partition coefficient (Wildman–Crippen LogP) is 2.05. The van der Waals surface area contributed by atoms with Gasteiger partial charge in [-0.15, -0.1) is 0 Å². The van der Waals surface area contributed by atoms with Crippen molar-refractivity contribution in [3.05, 3.63) is 0 Å². The Labute approximate surface area is 136 Å². The quantitative estimate of drug-likeness (QED) is 0.393. The minimum Gasteiger partial charge on any atom is -0.392 e. The van der Waals surface area contributed by atoms with E-state index < -0.39 is 0 Å². The van der Waals surface area contributed by atoms with Crippen LogP contribution in [-0.2, 0) is 0 Å². The lowest BCUT2D eigenvalue weighted by atomic mass is 9.81. The molecule has 4 nitrogen and oxygen atoms in total. The van der Waals surface area contributed by atoms with Gasteiger partial charge >= 0.3 is 0 Å². The fraction of sp³-hybridized carbons (Fsp3) is 1.00. The van der Waals surface area contributed by atoms with E-state index in [1.807, 2.05) is 0 Å². The van der Waals surface area contributed by atoms with Gasteiger partial charge in [-0.3, -0.25) is 0 Å². The Balaban J connectivity index is 1.28. The molecule has 4 heteroatoms. The van der Waals surface area contributed by atoms with E-state index in [4.69, 9.17) is 0 Å². The number of aliphatic hydroxyl groups excluding tert-OH is 2. The minimum absolute atomic E-state index is 0.125. The highest BCUT2D eigenvalue weighted by atomic mass is 16.3. The van der Waals surface area contributed by atoms with E-state index >= 15 is 0 Å². The average Bonchev–Trinajstić information content (AvgIpc) is 2.36. The van der Waals surface area contributed by atoms with E-state index in [2.05, 4.69) is 10.6 Å². The molecule has 0 aromatic rings. The van der Waals surface area contributed by atoms with Crippen LogP contribution in [-0.4, -0.2) is 48.6 Å². The molecule has 2 atom stereocenters. The first-order valence-corrected chi connectivity index (χ1v) is 9.55. The Hall–Kier alpha value is -0.160. The number of unbranched alkanes of at least 4 members (excludes halogenated alkanes) is 3. The lowest BCUT2D eigenvalue weighted by molar-refractivity contribution is 0.0622. The number of nitrogens with one attached hydrogen (secondary N) is 2. The van der Waals surface area contributed by atoms with Crippen LogP contribution in [0.15, 0.2) is 0 Å². The third kappa shape index (κ3) is 6.53. The molecule has 0 saturated heterocycles. The SMILES string of the molecule is OC(CNCCCCCCNCC(O)C1CCC1)C1CCC1. The Morgan fingerprint density at radius 1 is 0.682 bits per heavy atom. The van der Waals surface area contributed by atoms with E-state index in [0.717, 1.165) is 26.2 Å². The maximum Gasteiger partial charge on any atom is 0.0692 e. The second kappa shape index (κ2) is 10.6. The van der Waals surface area contributed by atoms with Crippen LogP contribution in [0, 0.1) is 11.8 Å². The molecule has 2 unspecified atom stereocenters. The Bertz CT molecular complexity index is 252. The van der Waals surface area contributed by atoms with Gasteiger partial charge in [0, 0.05) is 13.1 Å². The number of rotatable bonds is 13. The number of aliphatic hydroxyl groups is 2. The summed E-state index contributed by atoms with van der Waals surface area (Å²) in [6, 6.07) is 0. The van der Waals surface area contributed by atoms with E-state index in [1.54, 1.807) is 0 Å². The summed E-state index contributed by atoms with van der Waals surface area (Å²) in [4.78, 5) is 0. The molecule has 2 fully saturated rings. The summed E-state index contributed by atoms with van der Waals surface area (Å²) >= 11 is 0. The molecule has 2 aliphatic carbocycles. The van der Waals surface area contributed by atoms with Gasteiger partial charge in [0.1, 0.15) is 0 Å².